The second-order valence-electron chi connectivity index (χ2n) is 8.93. The van der Waals surface area contributed by atoms with Gasteiger partial charge >= 0.3 is 0 Å². The predicted molar refractivity (Wildman–Crippen MR) is 128 cm³/mol. The molecule has 3 aromatic rings. The lowest BCUT2D eigenvalue weighted by Gasteiger charge is -2.34. The molecule has 0 aliphatic carbocycles. The van der Waals surface area contributed by atoms with Crippen molar-refractivity contribution in [2.75, 3.05) is 44.2 Å². The number of piperazine rings is 1. The van der Waals surface area contributed by atoms with E-state index in [0.29, 0.717) is 42.1 Å². The van der Waals surface area contributed by atoms with Crippen molar-refractivity contribution in [1.82, 2.24) is 24.6 Å². The third-order valence-corrected chi connectivity index (χ3v) is 8.55. The average Bonchev–Trinajstić information content (AvgIpc) is 3.37. The summed E-state index contributed by atoms with van der Waals surface area (Å²) in [5, 5.41) is 5.42. The molecular formula is C24H29N5O3S. The molecule has 5 rings (SSSR count). The molecule has 0 saturated carbocycles. The smallest absolute Gasteiger partial charge is 0.254 e. The van der Waals surface area contributed by atoms with E-state index in [1.165, 1.54) is 0 Å². The zero-order valence-electron chi connectivity index (χ0n) is 19.1. The minimum atomic E-state index is -3.09. The molecule has 1 unspecified atom stereocenters. The van der Waals surface area contributed by atoms with Crippen LogP contribution in [-0.2, 0) is 9.84 Å². The third kappa shape index (κ3) is 4.15. The fourth-order valence-corrected chi connectivity index (χ4v) is 6.59. The predicted octanol–water partition coefficient (Wildman–Crippen LogP) is 2.54. The van der Waals surface area contributed by atoms with Gasteiger partial charge < -0.3 is 9.80 Å². The van der Waals surface area contributed by atoms with Crippen LogP contribution < -0.4 is 0 Å². The molecule has 8 nitrogen and oxygen atoms in total. The van der Waals surface area contributed by atoms with E-state index in [-0.39, 0.29) is 23.5 Å². The van der Waals surface area contributed by atoms with Gasteiger partial charge in [0.25, 0.3) is 5.91 Å². The van der Waals surface area contributed by atoms with E-state index in [0.717, 1.165) is 30.6 Å². The van der Waals surface area contributed by atoms with Gasteiger partial charge in [0.2, 0.25) is 0 Å². The lowest BCUT2D eigenvalue weighted by Crippen LogP contribution is -2.48. The number of likely N-dealkylation sites (N-methyl/N-ethyl adjacent to an activating group) is 1. The van der Waals surface area contributed by atoms with Crippen LogP contribution in [0, 0.1) is 6.92 Å². The molecule has 2 aromatic heterocycles. The number of sulfone groups is 1. The quantitative estimate of drug-likeness (QED) is 0.586. The summed E-state index contributed by atoms with van der Waals surface area (Å²) in [6.45, 7) is 8.08. The van der Waals surface area contributed by atoms with E-state index in [9.17, 15) is 13.2 Å². The van der Waals surface area contributed by atoms with Crippen molar-refractivity contribution < 1.29 is 13.2 Å². The van der Waals surface area contributed by atoms with Gasteiger partial charge in [0.05, 0.1) is 39.9 Å². The molecule has 0 bridgehead atoms. The maximum Gasteiger partial charge on any atom is 0.254 e. The Kier molecular flexibility index (Phi) is 5.70. The van der Waals surface area contributed by atoms with Gasteiger partial charge in [0, 0.05) is 31.7 Å². The van der Waals surface area contributed by atoms with Crippen LogP contribution in [0.5, 0.6) is 0 Å². The van der Waals surface area contributed by atoms with Crippen LogP contribution in [0.15, 0.2) is 36.4 Å². The number of aryl methyl sites for hydroxylation is 1. The first-order valence-corrected chi connectivity index (χ1v) is 13.4. The highest BCUT2D eigenvalue weighted by molar-refractivity contribution is 7.91. The van der Waals surface area contributed by atoms with Crippen LogP contribution in [-0.4, -0.2) is 83.1 Å². The summed E-state index contributed by atoms with van der Waals surface area (Å²) < 4.78 is 26.0. The van der Waals surface area contributed by atoms with E-state index in [4.69, 9.17) is 10.1 Å². The van der Waals surface area contributed by atoms with Crippen molar-refractivity contribution in [1.29, 1.82) is 0 Å². The van der Waals surface area contributed by atoms with Crippen molar-refractivity contribution in [3.8, 4) is 11.3 Å². The maximum atomic E-state index is 13.7. The Morgan fingerprint density at radius 3 is 2.48 bits per heavy atom. The molecule has 2 saturated heterocycles. The number of amides is 1. The lowest BCUT2D eigenvalue weighted by atomic mass is 10.0. The number of carbonyl (C=O) groups is 1. The fraction of sp³-hybridized carbons (Fsp3) is 0.458. The topological polar surface area (TPSA) is 88.4 Å². The number of carbonyl (C=O) groups excluding carboxylic acids is 1. The van der Waals surface area contributed by atoms with Crippen LogP contribution in [0.2, 0.25) is 0 Å². The van der Waals surface area contributed by atoms with E-state index in [1.54, 1.807) is 4.68 Å². The highest BCUT2D eigenvalue weighted by atomic mass is 32.2. The Morgan fingerprint density at radius 1 is 1.12 bits per heavy atom. The van der Waals surface area contributed by atoms with E-state index < -0.39 is 9.84 Å². The molecule has 0 spiro atoms. The van der Waals surface area contributed by atoms with Gasteiger partial charge in [0.15, 0.2) is 15.5 Å². The second-order valence-corrected chi connectivity index (χ2v) is 11.2. The number of hydrogen-bond donors (Lipinski definition) is 0. The lowest BCUT2D eigenvalue weighted by molar-refractivity contribution is 0.0645. The highest BCUT2D eigenvalue weighted by Crippen LogP contribution is 2.32. The largest absolute Gasteiger partial charge is 0.336 e. The van der Waals surface area contributed by atoms with Crippen molar-refractivity contribution in [3.05, 3.63) is 47.7 Å². The van der Waals surface area contributed by atoms with Crippen LogP contribution in [0.25, 0.3) is 22.3 Å². The number of fused-ring (bicyclic) bond motifs is 1. The van der Waals surface area contributed by atoms with Gasteiger partial charge in [-0.2, -0.15) is 5.10 Å². The van der Waals surface area contributed by atoms with E-state index >= 15 is 0 Å². The summed E-state index contributed by atoms with van der Waals surface area (Å²) in [7, 11) is -3.09. The molecule has 1 aromatic carbocycles. The summed E-state index contributed by atoms with van der Waals surface area (Å²) in [5.74, 6) is 0.198. The van der Waals surface area contributed by atoms with Gasteiger partial charge in [-0.25, -0.2) is 18.1 Å². The van der Waals surface area contributed by atoms with Crippen molar-refractivity contribution in [2.45, 2.75) is 26.3 Å². The Hall–Kier alpha value is -2.78. The van der Waals surface area contributed by atoms with Gasteiger partial charge in [-0.3, -0.25) is 4.79 Å². The number of aromatic nitrogens is 3. The third-order valence-electron chi connectivity index (χ3n) is 6.80. The highest BCUT2D eigenvalue weighted by Gasteiger charge is 2.33. The number of rotatable bonds is 4. The molecular weight excluding hydrogens is 438 g/mol. The second kappa shape index (κ2) is 8.53. The van der Waals surface area contributed by atoms with Gasteiger partial charge in [-0.1, -0.05) is 37.3 Å². The zero-order chi connectivity index (χ0) is 23.2. The Labute approximate surface area is 194 Å². The Morgan fingerprint density at radius 2 is 1.85 bits per heavy atom. The molecule has 1 amide bonds. The van der Waals surface area contributed by atoms with Crippen molar-refractivity contribution in [2.24, 2.45) is 0 Å². The average molecular weight is 468 g/mol. The van der Waals surface area contributed by atoms with Crippen LogP contribution in [0.3, 0.4) is 0 Å². The summed E-state index contributed by atoms with van der Waals surface area (Å²) in [6, 6.07) is 11.4. The summed E-state index contributed by atoms with van der Waals surface area (Å²) in [4.78, 5) is 22.9. The van der Waals surface area contributed by atoms with Crippen LogP contribution in [0.1, 0.15) is 35.4 Å². The maximum absolute atomic E-state index is 13.7. The minimum absolute atomic E-state index is 0.0166. The SMILES string of the molecule is CCN1CCN(C(=O)c2cc(-c3ccccc3)nc3c2c(C)nn3C2CCS(=O)(=O)C2)CC1. The zero-order valence-corrected chi connectivity index (χ0v) is 19.9. The van der Waals surface area contributed by atoms with Gasteiger partial charge in [0.1, 0.15) is 0 Å². The van der Waals surface area contributed by atoms with E-state index in [1.807, 2.05) is 48.2 Å². The van der Waals surface area contributed by atoms with Gasteiger partial charge in [-0.15, -0.1) is 0 Å². The van der Waals surface area contributed by atoms with Gasteiger partial charge in [-0.05, 0) is 26.0 Å². The molecule has 9 heteroatoms. The van der Waals surface area contributed by atoms with E-state index in [2.05, 4.69) is 11.8 Å². The molecule has 2 aliphatic rings. The number of hydrogen-bond acceptors (Lipinski definition) is 6. The first-order chi connectivity index (χ1) is 15.9. The fourth-order valence-electron chi connectivity index (χ4n) is 4.90. The molecule has 2 aliphatic heterocycles. The molecule has 174 valence electrons. The summed E-state index contributed by atoms with van der Waals surface area (Å²) in [5.41, 5.74) is 3.49. The Balaban J connectivity index is 1.64. The Bertz CT molecular complexity index is 1290. The molecule has 2 fully saturated rings. The number of pyridine rings is 1. The molecule has 33 heavy (non-hydrogen) atoms. The standard InChI is InChI=1S/C24H29N5O3S/c1-3-27-10-12-28(13-11-27)24(30)20-15-21(18-7-5-4-6-8-18)25-23-22(20)17(2)26-29(23)19-9-14-33(31,32)16-19/h4-8,15,19H,3,9-14,16H2,1-2H3. The van der Waals surface area contributed by atoms with Crippen LogP contribution in [0.4, 0.5) is 0 Å². The minimum Gasteiger partial charge on any atom is -0.336 e. The monoisotopic (exact) mass is 467 g/mol. The molecule has 4 heterocycles. The first-order valence-electron chi connectivity index (χ1n) is 11.5. The molecule has 0 radical (unpaired) electrons. The first kappa shape index (κ1) is 22.0. The van der Waals surface area contributed by atoms with Crippen LogP contribution >= 0.6 is 0 Å². The number of nitrogens with zero attached hydrogens (tertiary/aromatic N) is 5. The summed E-state index contributed by atoms with van der Waals surface area (Å²) in [6.07, 6.45) is 0.512. The normalized spacial score (nSPS) is 21.0. The molecule has 0 N–H and O–H groups in total. The summed E-state index contributed by atoms with van der Waals surface area (Å²) >= 11 is 0. The van der Waals surface area contributed by atoms with Crippen molar-refractivity contribution >= 4 is 26.8 Å². The molecule has 1 atom stereocenters. The van der Waals surface area contributed by atoms with Crippen molar-refractivity contribution in [3.63, 3.8) is 0 Å². The number of benzene rings is 1.